The molecule has 0 bridgehead atoms. The van der Waals surface area contributed by atoms with Crippen LogP contribution in [-0.4, -0.2) is 37.4 Å². The highest BCUT2D eigenvalue weighted by atomic mass is 19.4. The van der Waals surface area contributed by atoms with Gasteiger partial charge >= 0.3 is 6.36 Å². The molecule has 0 radical (unpaired) electrons. The molecule has 0 aliphatic carbocycles. The fourth-order valence-electron chi connectivity index (χ4n) is 2.90. The van der Waals surface area contributed by atoms with Crippen LogP contribution in [-0.2, 0) is 0 Å². The van der Waals surface area contributed by atoms with E-state index < -0.39 is 12.2 Å². The van der Waals surface area contributed by atoms with Gasteiger partial charge in [-0.3, -0.25) is 4.90 Å². The summed E-state index contributed by atoms with van der Waals surface area (Å²) < 4.78 is 55.4. The van der Waals surface area contributed by atoms with Gasteiger partial charge in [0.25, 0.3) is 0 Å². The van der Waals surface area contributed by atoms with E-state index in [1.165, 1.54) is 6.07 Å². The van der Waals surface area contributed by atoms with Crippen LogP contribution in [0.3, 0.4) is 0 Å². The van der Waals surface area contributed by atoms with Crippen LogP contribution in [0, 0.1) is 5.82 Å². The first-order valence-corrected chi connectivity index (χ1v) is 7.90. The van der Waals surface area contributed by atoms with E-state index in [0.29, 0.717) is 6.42 Å². The molecule has 1 saturated heterocycles. The second-order valence-electron chi connectivity index (χ2n) is 5.68. The van der Waals surface area contributed by atoms with Crippen molar-refractivity contribution >= 4 is 0 Å². The zero-order valence-electron chi connectivity index (χ0n) is 13.1. The monoisotopic (exact) mass is 334 g/mol. The molecule has 23 heavy (non-hydrogen) atoms. The molecule has 0 saturated carbocycles. The van der Waals surface area contributed by atoms with Crippen molar-refractivity contribution in [2.24, 2.45) is 0 Å². The topological polar surface area (TPSA) is 24.5 Å². The van der Waals surface area contributed by atoms with Crippen LogP contribution in [0.25, 0.3) is 0 Å². The number of benzene rings is 1. The van der Waals surface area contributed by atoms with Crippen LogP contribution in [0.5, 0.6) is 5.75 Å². The van der Waals surface area contributed by atoms with Gasteiger partial charge in [-0.05, 0) is 24.6 Å². The molecular formula is C16H22F4N2O. The Morgan fingerprint density at radius 1 is 1.26 bits per heavy atom. The summed E-state index contributed by atoms with van der Waals surface area (Å²) in [4.78, 5) is 2.13. The zero-order chi connectivity index (χ0) is 16.9. The van der Waals surface area contributed by atoms with Gasteiger partial charge < -0.3 is 10.1 Å². The first kappa shape index (κ1) is 18.0. The maximum atomic E-state index is 14.3. The van der Waals surface area contributed by atoms with Crippen molar-refractivity contribution in [2.45, 2.75) is 38.6 Å². The second-order valence-corrected chi connectivity index (χ2v) is 5.68. The number of nitrogens with one attached hydrogen (secondary N) is 1. The molecule has 7 heteroatoms. The van der Waals surface area contributed by atoms with Crippen molar-refractivity contribution in [1.29, 1.82) is 0 Å². The molecule has 0 unspecified atom stereocenters. The molecule has 1 aliphatic rings. The minimum atomic E-state index is -4.77. The summed E-state index contributed by atoms with van der Waals surface area (Å²) in [6.07, 6.45) is -2.23. The normalized spacial score (nSPS) is 18.0. The maximum absolute atomic E-state index is 14.3. The van der Waals surface area contributed by atoms with Gasteiger partial charge in [0.05, 0.1) is 0 Å². The van der Waals surface area contributed by atoms with Crippen molar-refractivity contribution in [3.8, 4) is 5.75 Å². The molecule has 1 aromatic rings. The van der Waals surface area contributed by atoms with Crippen LogP contribution in [0.4, 0.5) is 17.6 Å². The average molecular weight is 334 g/mol. The quantitative estimate of drug-likeness (QED) is 0.800. The highest BCUT2D eigenvalue weighted by molar-refractivity contribution is 5.32. The van der Waals surface area contributed by atoms with E-state index in [1.54, 1.807) is 0 Å². The van der Waals surface area contributed by atoms with E-state index in [2.05, 4.69) is 15.0 Å². The first-order valence-electron chi connectivity index (χ1n) is 7.90. The molecular weight excluding hydrogens is 312 g/mol. The third kappa shape index (κ3) is 5.35. The Hall–Kier alpha value is -1.34. The van der Waals surface area contributed by atoms with Crippen molar-refractivity contribution in [3.05, 3.63) is 29.6 Å². The standard InChI is InChI=1S/C16H22F4N2O/c1-2-3-4-15(22-9-7-21-8-10-22)13-11-12(5-6-14(13)17)23-16(18,19)20/h5-6,11,15,21H,2-4,7-10H2,1H3/t15-/m0/s1. The van der Waals surface area contributed by atoms with Gasteiger partial charge in [0.2, 0.25) is 0 Å². The lowest BCUT2D eigenvalue weighted by Crippen LogP contribution is -2.45. The number of rotatable bonds is 6. The Kier molecular flexibility index (Phi) is 6.24. The molecule has 1 aliphatic heterocycles. The van der Waals surface area contributed by atoms with Gasteiger partial charge in [-0.1, -0.05) is 19.8 Å². The van der Waals surface area contributed by atoms with Crippen LogP contribution in [0.1, 0.15) is 37.8 Å². The maximum Gasteiger partial charge on any atom is 0.573 e. The van der Waals surface area contributed by atoms with Gasteiger partial charge in [0.1, 0.15) is 11.6 Å². The number of hydrogen-bond acceptors (Lipinski definition) is 3. The van der Waals surface area contributed by atoms with E-state index in [1.807, 2.05) is 6.92 Å². The summed E-state index contributed by atoms with van der Waals surface area (Å²) >= 11 is 0. The summed E-state index contributed by atoms with van der Waals surface area (Å²) in [6.45, 7) is 5.12. The molecule has 2 rings (SSSR count). The van der Waals surface area contributed by atoms with E-state index in [-0.39, 0.29) is 17.4 Å². The summed E-state index contributed by atoms with van der Waals surface area (Å²) in [5.74, 6) is -0.857. The zero-order valence-corrected chi connectivity index (χ0v) is 13.1. The van der Waals surface area contributed by atoms with Crippen LogP contribution in [0.2, 0.25) is 0 Å². The summed E-state index contributed by atoms with van der Waals surface area (Å²) in [7, 11) is 0. The summed E-state index contributed by atoms with van der Waals surface area (Å²) in [5.41, 5.74) is 0.280. The van der Waals surface area contributed by atoms with Gasteiger partial charge in [-0.2, -0.15) is 0 Å². The third-order valence-electron chi connectivity index (χ3n) is 3.98. The number of halogens is 4. The van der Waals surface area contributed by atoms with E-state index >= 15 is 0 Å². The Balaban J connectivity index is 2.26. The van der Waals surface area contributed by atoms with Gasteiger partial charge in [0, 0.05) is 37.8 Å². The van der Waals surface area contributed by atoms with Gasteiger partial charge in [0.15, 0.2) is 0 Å². The predicted molar refractivity (Wildman–Crippen MR) is 79.8 cm³/mol. The van der Waals surface area contributed by atoms with Crippen LogP contribution in [0.15, 0.2) is 18.2 Å². The summed E-state index contributed by atoms with van der Waals surface area (Å²) in [5, 5.41) is 3.23. The number of alkyl halides is 3. The average Bonchev–Trinajstić information content (AvgIpc) is 2.50. The van der Waals surface area contributed by atoms with Crippen molar-refractivity contribution in [1.82, 2.24) is 10.2 Å². The lowest BCUT2D eigenvalue weighted by Gasteiger charge is -2.35. The number of nitrogens with zero attached hydrogens (tertiary/aromatic N) is 1. The molecule has 1 aromatic carbocycles. The highest BCUT2D eigenvalue weighted by Crippen LogP contribution is 2.33. The van der Waals surface area contributed by atoms with Crippen LogP contribution >= 0.6 is 0 Å². The molecule has 1 fully saturated rings. The Morgan fingerprint density at radius 3 is 2.57 bits per heavy atom. The lowest BCUT2D eigenvalue weighted by atomic mass is 9.98. The molecule has 130 valence electrons. The SMILES string of the molecule is CCCC[C@@H](c1cc(OC(F)(F)F)ccc1F)N1CCNCC1. The van der Waals surface area contributed by atoms with Crippen molar-refractivity contribution in [2.75, 3.05) is 26.2 Å². The third-order valence-corrected chi connectivity index (χ3v) is 3.98. The Labute approximate surface area is 133 Å². The minimum Gasteiger partial charge on any atom is -0.406 e. The summed E-state index contributed by atoms with van der Waals surface area (Å²) in [6, 6.07) is 3.03. The molecule has 0 amide bonds. The van der Waals surface area contributed by atoms with Crippen molar-refractivity contribution in [3.63, 3.8) is 0 Å². The predicted octanol–water partition coefficient (Wildman–Crippen LogP) is 3.86. The molecule has 1 heterocycles. The van der Waals surface area contributed by atoms with E-state index in [0.717, 1.165) is 51.2 Å². The van der Waals surface area contributed by atoms with Gasteiger partial charge in [-0.25, -0.2) is 4.39 Å². The first-order chi connectivity index (χ1) is 10.9. The highest BCUT2D eigenvalue weighted by Gasteiger charge is 2.32. The van der Waals surface area contributed by atoms with E-state index in [9.17, 15) is 17.6 Å². The number of piperazine rings is 1. The number of unbranched alkanes of at least 4 members (excludes halogenated alkanes) is 1. The molecule has 0 spiro atoms. The van der Waals surface area contributed by atoms with Crippen LogP contribution < -0.4 is 10.1 Å². The Morgan fingerprint density at radius 2 is 1.96 bits per heavy atom. The molecule has 0 aromatic heterocycles. The number of ether oxygens (including phenoxy) is 1. The fourth-order valence-corrected chi connectivity index (χ4v) is 2.90. The lowest BCUT2D eigenvalue weighted by molar-refractivity contribution is -0.274. The molecule has 3 nitrogen and oxygen atoms in total. The molecule has 1 N–H and O–H groups in total. The van der Waals surface area contributed by atoms with Crippen molar-refractivity contribution < 1.29 is 22.3 Å². The van der Waals surface area contributed by atoms with E-state index in [4.69, 9.17) is 0 Å². The number of hydrogen-bond donors (Lipinski definition) is 1. The minimum absolute atomic E-state index is 0.228. The smallest absolute Gasteiger partial charge is 0.406 e. The fraction of sp³-hybridized carbons (Fsp3) is 0.625. The van der Waals surface area contributed by atoms with Gasteiger partial charge in [-0.15, -0.1) is 13.2 Å². The second kappa shape index (κ2) is 7.97. The molecule has 1 atom stereocenters. The Bertz CT molecular complexity index is 501. The largest absolute Gasteiger partial charge is 0.573 e.